The monoisotopic (exact) mass is 393 g/mol. The summed E-state index contributed by atoms with van der Waals surface area (Å²) in [4.78, 5) is 13.9. The molecule has 0 saturated heterocycles. The number of carbonyl (C=O) groups excluding carboxylic acids is 1. The van der Waals surface area contributed by atoms with Crippen LogP contribution in [0.3, 0.4) is 0 Å². The highest BCUT2D eigenvalue weighted by atomic mass is 35.5. The van der Waals surface area contributed by atoms with Crippen molar-refractivity contribution in [3.63, 3.8) is 0 Å². The van der Waals surface area contributed by atoms with E-state index in [0.29, 0.717) is 9.70 Å². The molecular formula is C19H15ClF3N3O. The lowest BCUT2D eigenvalue weighted by Gasteiger charge is -2.18. The maximum Gasteiger partial charge on any atom is 0.434 e. The molecule has 27 heavy (non-hydrogen) atoms. The lowest BCUT2D eigenvalue weighted by Crippen LogP contribution is -2.28. The first-order valence-electron chi connectivity index (χ1n) is 7.98. The summed E-state index contributed by atoms with van der Waals surface area (Å²) in [5.41, 5.74) is -0.644. The number of rotatable bonds is 4. The first-order chi connectivity index (χ1) is 12.8. The molecule has 1 heterocycles. The number of benzene rings is 2. The second kappa shape index (κ2) is 7.44. The molecule has 3 aromatic rings. The van der Waals surface area contributed by atoms with E-state index in [-0.39, 0.29) is 12.2 Å². The maximum atomic E-state index is 13.7. The van der Waals surface area contributed by atoms with Crippen molar-refractivity contribution in [1.82, 2.24) is 14.7 Å². The molecule has 0 spiro atoms. The zero-order chi connectivity index (χ0) is 19.6. The molecule has 0 aliphatic heterocycles. The van der Waals surface area contributed by atoms with E-state index in [9.17, 15) is 18.0 Å². The standard InChI is InChI=1S/C19H15ClF3N3O/c1-25(12-13-5-3-2-4-6-13)18(27)16-11-24-26(17(16)19(21,22)23)15-9-7-14(20)8-10-15/h2-11H,12H2,1H3. The van der Waals surface area contributed by atoms with Crippen LogP contribution < -0.4 is 0 Å². The number of nitrogens with zero attached hydrogens (tertiary/aromatic N) is 3. The molecule has 1 amide bonds. The van der Waals surface area contributed by atoms with Crippen molar-refractivity contribution in [2.75, 3.05) is 7.05 Å². The molecule has 0 bridgehead atoms. The number of hydrogen-bond donors (Lipinski definition) is 0. The number of alkyl halides is 3. The summed E-state index contributed by atoms with van der Waals surface area (Å²) in [7, 11) is 1.45. The van der Waals surface area contributed by atoms with Crippen LogP contribution in [-0.2, 0) is 12.7 Å². The molecule has 3 rings (SSSR count). The van der Waals surface area contributed by atoms with E-state index in [1.165, 1.54) is 36.2 Å². The van der Waals surface area contributed by atoms with E-state index in [4.69, 9.17) is 11.6 Å². The molecule has 1 aromatic heterocycles. The van der Waals surface area contributed by atoms with Gasteiger partial charge in [0.15, 0.2) is 5.69 Å². The molecular weight excluding hydrogens is 379 g/mol. The van der Waals surface area contributed by atoms with Gasteiger partial charge in [-0.25, -0.2) is 4.68 Å². The highest BCUT2D eigenvalue weighted by Crippen LogP contribution is 2.34. The number of carbonyl (C=O) groups is 1. The SMILES string of the molecule is CN(Cc1ccccc1)C(=O)c1cnn(-c2ccc(Cl)cc2)c1C(F)(F)F. The van der Waals surface area contributed by atoms with Crippen LogP contribution in [0, 0.1) is 0 Å². The van der Waals surface area contributed by atoms with Gasteiger partial charge in [0, 0.05) is 18.6 Å². The Hall–Kier alpha value is -2.80. The normalized spacial score (nSPS) is 11.4. The summed E-state index contributed by atoms with van der Waals surface area (Å²) in [5.74, 6) is -0.758. The predicted molar refractivity (Wildman–Crippen MR) is 95.8 cm³/mol. The average molecular weight is 394 g/mol. The predicted octanol–water partition coefficient (Wildman–Crippen LogP) is 4.82. The van der Waals surface area contributed by atoms with Gasteiger partial charge < -0.3 is 4.90 Å². The topological polar surface area (TPSA) is 38.1 Å². The van der Waals surface area contributed by atoms with Gasteiger partial charge in [0.2, 0.25) is 0 Å². The van der Waals surface area contributed by atoms with Crippen LogP contribution in [0.4, 0.5) is 13.2 Å². The average Bonchev–Trinajstić information content (AvgIpc) is 3.08. The summed E-state index contributed by atoms with van der Waals surface area (Å²) in [6, 6.07) is 14.8. The Morgan fingerprint density at radius 1 is 1.11 bits per heavy atom. The fourth-order valence-corrected chi connectivity index (χ4v) is 2.82. The van der Waals surface area contributed by atoms with E-state index in [1.807, 2.05) is 6.07 Å². The van der Waals surface area contributed by atoms with Gasteiger partial charge >= 0.3 is 6.18 Å². The van der Waals surface area contributed by atoms with Crippen LogP contribution in [0.25, 0.3) is 5.69 Å². The Morgan fingerprint density at radius 2 is 1.74 bits per heavy atom. The van der Waals surface area contributed by atoms with Crippen molar-refractivity contribution in [3.8, 4) is 5.69 Å². The van der Waals surface area contributed by atoms with Crippen molar-refractivity contribution in [1.29, 1.82) is 0 Å². The van der Waals surface area contributed by atoms with Gasteiger partial charge in [-0.05, 0) is 29.8 Å². The first kappa shape index (κ1) is 19.0. The highest BCUT2D eigenvalue weighted by molar-refractivity contribution is 6.30. The van der Waals surface area contributed by atoms with Crippen LogP contribution in [0.5, 0.6) is 0 Å². The smallest absolute Gasteiger partial charge is 0.337 e. The van der Waals surface area contributed by atoms with Gasteiger partial charge in [0.05, 0.1) is 17.4 Å². The van der Waals surface area contributed by atoms with E-state index in [0.717, 1.165) is 11.8 Å². The quantitative estimate of drug-likeness (QED) is 0.637. The molecule has 2 aromatic carbocycles. The Morgan fingerprint density at radius 3 is 2.33 bits per heavy atom. The lowest BCUT2D eigenvalue weighted by atomic mass is 10.1. The molecule has 4 nitrogen and oxygen atoms in total. The minimum Gasteiger partial charge on any atom is -0.337 e. The van der Waals surface area contributed by atoms with Gasteiger partial charge in [-0.3, -0.25) is 4.79 Å². The number of hydrogen-bond acceptors (Lipinski definition) is 2. The minimum absolute atomic E-state index is 0.163. The summed E-state index contributed by atoms with van der Waals surface area (Å²) < 4.78 is 41.8. The Bertz CT molecular complexity index is 937. The van der Waals surface area contributed by atoms with Crippen molar-refractivity contribution in [2.45, 2.75) is 12.7 Å². The number of amides is 1. The van der Waals surface area contributed by atoms with E-state index in [1.54, 1.807) is 24.3 Å². The summed E-state index contributed by atoms with van der Waals surface area (Å²) >= 11 is 5.79. The third-order valence-corrected chi connectivity index (χ3v) is 4.20. The summed E-state index contributed by atoms with van der Waals surface area (Å²) in [6.45, 7) is 0.184. The van der Waals surface area contributed by atoms with E-state index < -0.39 is 23.3 Å². The van der Waals surface area contributed by atoms with Crippen molar-refractivity contribution in [2.24, 2.45) is 0 Å². The van der Waals surface area contributed by atoms with Crippen LogP contribution in [-0.4, -0.2) is 27.6 Å². The van der Waals surface area contributed by atoms with Crippen LogP contribution >= 0.6 is 11.6 Å². The Labute approximate surface area is 158 Å². The second-order valence-corrected chi connectivity index (χ2v) is 6.38. The molecule has 0 atom stereocenters. The van der Waals surface area contributed by atoms with Gasteiger partial charge in [-0.1, -0.05) is 41.9 Å². The molecule has 0 N–H and O–H groups in total. The van der Waals surface area contributed by atoms with Crippen molar-refractivity contribution in [3.05, 3.63) is 82.6 Å². The zero-order valence-electron chi connectivity index (χ0n) is 14.2. The van der Waals surface area contributed by atoms with E-state index in [2.05, 4.69) is 5.10 Å². The van der Waals surface area contributed by atoms with Gasteiger partial charge in [0.25, 0.3) is 5.91 Å². The minimum atomic E-state index is -4.76. The van der Waals surface area contributed by atoms with Crippen LogP contribution in [0.1, 0.15) is 21.6 Å². The van der Waals surface area contributed by atoms with Crippen LogP contribution in [0.15, 0.2) is 60.8 Å². The molecule has 8 heteroatoms. The van der Waals surface area contributed by atoms with Crippen LogP contribution in [0.2, 0.25) is 5.02 Å². The highest BCUT2D eigenvalue weighted by Gasteiger charge is 2.41. The molecule has 0 unspecified atom stereocenters. The Balaban J connectivity index is 1.97. The third-order valence-electron chi connectivity index (χ3n) is 3.95. The summed E-state index contributed by atoms with van der Waals surface area (Å²) in [6.07, 6.45) is -3.81. The summed E-state index contributed by atoms with van der Waals surface area (Å²) in [5, 5.41) is 4.19. The molecule has 0 radical (unpaired) electrons. The van der Waals surface area contributed by atoms with Gasteiger partial charge in [0.1, 0.15) is 0 Å². The maximum absolute atomic E-state index is 13.7. The second-order valence-electron chi connectivity index (χ2n) is 5.94. The first-order valence-corrected chi connectivity index (χ1v) is 8.35. The molecule has 0 aliphatic carbocycles. The van der Waals surface area contributed by atoms with Gasteiger partial charge in [-0.2, -0.15) is 18.3 Å². The van der Waals surface area contributed by atoms with Gasteiger partial charge in [-0.15, -0.1) is 0 Å². The largest absolute Gasteiger partial charge is 0.434 e. The lowest BCUT2D eigenvalue weighted by molar-refractivity contribution is -0.143. The Kier molecular flexibility index (Phi) is 5.23. The van der Waals surface area contributed by atoms with Crippen molar-refractivity contribution >= 4 is 17.5 Å². The zero-order valence-corrected chi connectivity index (χ0v) is 15.0. The molecule has 0 aliphatic rings. The number of aromatic nitrogens is 2. The molecule has 0 fully saturated rings. The van der Waals surface area contributed by atoms with Crippen molar-refractivity contribution < 1.29 is 18.0 Å². The fourth-order valence-electron chi connectivity index (χ4n) is 2.69. The molecule has 0 saturated carbocycles. The van der Waals surface area contributed by atoms with E-state index >= 15 is 0 Å². The third kappa shape index (κ3) is 4.14. The molecule has 140 valence electrons. The number of halogens is 4. The fraction of sp³-hybridized carbons (Fsp3) is 0.158.